The van der Waals surface area contributed by atoms with Crippen LogP contribution in [0.25, 0.3) is 0 Å². The average Bonchev–Trinajstić information content (AvgIpc) is 1.96. The lowest BCUT2D eigenvalue weighted by atomic mass is 10.1. The molecule has 10 N–H and O–H groups in total. The Labute approximate surface area is 890 Å². The van der Waals surface area contributed by atoms with Gasteiger partial charge in [0.1, 0.15) is 6.33 Å². The highest BCUT2D eigenvalue weighted by Gasteiger charge is 2.02. The van der Waals surface area contributed by atoms with Gasteiger partial charge in [0.05, 0.1) is 19.2 Å². The summed E-state index contributed by atoms with van der Waals surface area (Å²) in [6, 6.07) is 20.9. The molecule has 0 radical (unpaired) electrons. The Morgan fingerprint density at radius 1 is 0.271 bits per heavy atom. The minimum Gasteiger partial charge on any atom is -0.391 e. The molecule has 0 atom stereocenters. The molecule has 140 heavy (non-hydrogen) atoms. The third kappa shape index (κ3) is 385. The van der Waals surface area contributed by atoms with Crippen LogP contribution in [0.5, 0.6) is 0 Å². The third-order valence-electron chi connectivity index (χ3n) is 9.77. The van der Waals surface area contributed by atoms with Gasteiger partial charge in [0.15, 0.2) is 0 Å². The summed E-state index contributed by atoms with van der Waals surface area (Å²) < 4.78 is 0. The van der Waals surface area contributed by atoms with Gasteiger partial charge in [-0.1, -0.05) is 451 Å². The van der Waals surface area contributed by atoms with Gasteiger partial charge in [-0.2, -0.15) is 31.7 Å². The van der Waals surface area contributed by atoms with Crippen molar-refractivity contribution in [2.45, 2.75) is 453 Å². The van der Waals surface area contributed by atoms with Crippen molar-refractivity contribution in [3.8, 4) is 0 Å². The molecule has 15 rings (SSSR count). The van der Waals surface area contributed by atoms with Crippen LogP contribution in [0.2, 0.25) is 0 Å². The fourth-order valence-electron chi connectivity index (χ4n) is 5.78. The number of likely N-dealkylation sites (tertiary alicyclic amines) is 1. The number of thiophene rings is 1. The van der Waals surface area contributed by atoms with Crippen molar-refractivity contribution in [3.63, 3.8) is 0 Å². The predicted octanol–water partition coefficient (Wildman–Crippen LogP) is 37.1. The predicted molar refractivity (Wildman–Crippen MR) is 667 cm³/mol. The molecule has 3 saturated heterocycles. The SMILES string of the molecule is C1=CCNC1.C1=CNCC1.C1=NCCN1.C1=NNCC1.C1CCNCC1.C1CNCN1.CC.CC.CC.CC.CC.CC.CC.CC.CC.CC.CC.CC.CC.CC.CC.CC.CC.CC.CC.CC.CC.CC.CC.CC.CC.CC.CC.CC.CC.CN1CCCCC1.c1c[nH]cn1.c1cc[nH]c1.c1ccncc1.c1ccnnc1.c1ccsc1.c1cn[nH]c1.c1cnccn1.c1cncnc1. The molecule has 0 amide bonds. The van der Waals surface area contributed by atoms with Crippen LogP contribution >= 0.6 is 11.3 Å². The number of aromatic nitrogens is 12. The average molecular weight is 2010 g/mol. The first-order valence-electron chi connectivity index (χ1n) is 56.8. The number of nitrogens with one attached hydrogen (secondary N) is 10. The number of rotatable bonds is 0. The molecule has 850 valence electrons. The van der Waals surface area contributed by atoms with E-state index in [1.165, 1.54) is 77.5 Å². The van der Waals surface area contributed by atoms with Gasteiger partial charge in [0, 0.05) is 164 Å². The smallest absolute Gasteiger partial charge is 0.115 e. The van der Waals surface area contributed by atoms with E-state index < -0.39 is 0 Å². The third-order valence-corrected chi connectivity index (χ3v) is 10.4. The highest BCUT2D eigenvalue weighted by molar-refractivity contribution is 7.07. The summed E-state index contributed by atoms with van der Waals surface area (Å²) in [4.78, 5) is 34.1. The van der Waals surface area contributed by atoms with E-state index >= 15 is 0 Å². The van der Waals surface area contributed by atoms with Crippen LogP contribution in [0.4, 0.5) is 0 Å². The van der Waals surface area contributed by atoms with Gasteiger partial charge < -0.3 is 52.2 Å². The van der Waals surface area contributed by atoms with Crippen molar-refractivity contribution in [2.75, 3.05) is 92.3 Å². The van der Waals surface area contributed by atoms with E-state index in [4.69, 9.17) is 0 Å². The zero-order valence-corrected chi connectivity index (χ0v) is 107. The fourth-order valence-corrected chi connectivity index (χ4v) is 6.24. The van der Waals surface area contributed by atoms with Crippen molar-refractivity contribution < 1.29 is 0 Å². The highest BCUT2D eigenvalue weighted by Crippen LogP contribution is 2.04. The Morgan fingerprint density at radius 3 is 0.771 bits per heavy atom. The van der Waals surface area contributed by atoms with Crippen LogP contribution in [-0.2, 0) is 0 Å². The molecule has 8 aromatic rings. The minimum atomic E-state index is 0.958. The zero-order chi connectivity index (χ0) is 116. The number of hydrogen-bond donors (Lipinski definition) is 10. The molecule has 15 heterocycles. The molecular formula is C117H266N22S. The molecule has 0 spiro atoms. The fraction of sp³-hybridized carbons (Fsp3) is 0.684. The normalized spacial score (nSPS) is 9.71. The van der Waals surface area contributed by atoms with Gasteiger partial charge in [-0.25, -0.2) is 15.0 Å². The molecule has 0 unspecified atom stereocenters. The quantitative estimate of drug-likeness (QED) is 0.0632. The molecule has 3 fully saturated rings. The Balaban J connectivity index is -0.0000000337. The first-order valence-corrected chi connectivity index (χ1v) is 57.7. The number of imidazole rings is 1. The van der Waals surface area contributed by atoms with Gasteiger partial charge in [-0.05, 0) is 131 Å². The van der Waals surface area contributed by atoms with Crippen LogP contribution in [-0.4, -0.2) is 170 Å². The van der Waals surface area contributed by atoms with Gasteiger partial charge in [0.25, 0.3) is 0 Å². The van der Waals surface area contributed by atoms with Crippen LogP contribution in [0.1, 0.15) is 453 Å². The number of H-pyrrole nitrogens is 3. The minimum absolute atomic E-state index is 0.958. The molecule has 0 bridgehead atoms. The molecule has 23 heteroatoms. The summed E-state index contributed by atoms with van der Waals surface area (Å²) in [5, 5.41) is 39.7. The number of piperidine rings is 2. The van der Waals surface area contributed by atoms with Crippen molar-refractivity contribution in [3.05, 3.63) is 214 Å². The summed E-state index contributed by atoms with van der Waals surface area (Å²) in [5.74, 6) is 0. The molecule has 0 aromatic carbocycles. The van der Waals surface area contributed by atoms with Crippen molar-refractivity contribution >= 4 is 23.9 Å². The standard InChI is InChI=1S/C6H13N.C5H11N.C5H5N.3C4H4N2.2C4H7N.C4H5N.C4H4S.C3H8N2.C3H6N2.C3H4N2.C3H6N2.C3H4N2.29C2H6/c1-7-5-3-2-4-6-7;2*1-2-4-6-5-3-1;1-2-6-4-3-5-1;1-2-5-4-6-3-1;1-2-4-6-5-3-1;4*1-2-4-5-3-1;3*1-2-5-3-4-1;2*1-2-4-5-3-1;29*1-2/h2-6H2,1H3;6H,1-5H2;1-5H;3*1-4H;1,3,5H,2,4H2;1-2,5H,3-4H2;1-5H;1-4H;4-5H,1-3H2;3H,1-2H2,(H,4,5);1-3H,(H,4,5);2,5H,1,3H2;1-3H,(H,4,5);29*1-2H3. The second kappa shape index (κ2) is 394. The summed E-state index contributed by atoms with van der Waals surface area (Å²) >= 11 is 1.71. The highest BCUT2D eigenvalue weighted by atomic mass is 32.1. The van der Waals surface area contributed by atoms with Crippen LogP contribution in [0.3, 0.4) is 0 Å². The topological polar surface area (TPSA) is 276 Å². The maximum Gasteiger partial charge on any atom is 0.115 e. The number of hydrazone groups is 1. The van der Waals surface area contributed by atoms with Gasteiger partial charge >= 0.3 is 0 Å². The Bertz CT molecular complexity index is 1810. The Kier molecular flexibility index (Phi) is 600. The van der Waals surface area contributed by atoms with E-state index in [1.54, 1.807) is 117 Å². The Hall–Kier alpha value is -8.19. The van der Waals surface area contributed by atoms with Gasteiger partial charge in [0.2, 0.25) is 0 Å². The van der Waals surface area contributed by atoms with E-state index in [2.05, 4.69) is 138 Å². The maximum absolute atomic E-state index is 3.85. The van der Waals surface area contributed by atoms with Crippen molar-refractivity contribution in [2.24, 2.45) is 10.1 Å². The van der Waals surface area contributed by atoms with E-state index in [9.17, 15) is 0 Å². The lowest BCUT2D eigenvalue weighted by Crippen LogP contribution is -2.24. The van der Waals surface area contributed by atoms with E-state index in [-0.39, 0.29) is 0 Å². The van der Waals surface area contributed by atoms with E-state index in [0.29, 0.717) is 0 Å². The maximum atomic E-state index is 3.85. The largest absolute Gasteiger partial charge is 0.391 e. The number of aliphatic imine (C=N–C) groups is 1. The molecule has 7 aliphatic rings. The molecule has 22 nitrogen and oxygen atoms in total. The number of aromatic amines is 3. The first-order chi connectivity index (χ1) is 69.9. The monoisotopic (exact) mass is 2010 g/mol. The second-order valence-electron chi connectivity index (χ2n) is 16.6. The van der Waals surface area contributed by atoms with Crippen LogP contribution in [0.15, 0.2) is 224 Å². The molecule has 8 aromatic heterocycles. The summed E-state index contributed by atoms with van der Waals surface area (Å²) in [7, 11) is 2.19. The summed E-state index contributed by atoms with van der Waals surface area (Å²) in [5.41, 5.74) is 2.79. The summed E-state index contributed by atoms with van der Waals surface area (Å²) in [6.45, 7) is 131. The molecular weight excluding hydrogens is 1750 g/mol. The summed E-state index contributed by atoms with van der Waals surface area (Å²) in [6.07, 6.45) is 53.3. The lowest BCUT2D eigenvalue weighted by molar-refractivity contribution is 0.277. The van der Waals surface area contributed by atoms with Crippen molar-refractivity contribution in [1.29, 1.82) is 0 Å². The lowest BCUT2D eigenvalue weighted by Gasteiger charge is -2.20. The molecule has 0 aliphatic carbocycles. The van der Waals surface area contributed by atoms with Crippen LogP contribution < -0.4 is 37.3 Å². The number of nitrogens with zero attached hydrogens (tertiary/aromatic N) is 12. The number of hydrogen-bond acceptors (Lipinski definition) is 20. The molecule has 0 saturated carbocycles. The van der Waals surface area contributed by atoms with Gasteiger partial charge in [-0.3, -0.25) is 25.0 Å². The Morgan fingerprint density at radius 2 is 0.657 bits per heavy atom. The van der Waals surface area contributed by atoms with Crippen LogP contribution in [0, 0.1) is 0 Å². The number of pyridine rings is 1. The van der Waals surface area contributed by atoms with E-state index in [1.807, 2.05) is 498 Å². The van der Waals surface area contributed by atoms with Crippen molar-refractivity contribution in [1.82, 2.24) is 102 Å². The first kappa shape index (κ1) is 213. The van der Waals surface area contributed by atoms with E-state index in [0.717, 1.165) is 65.4 Å². The molecule has 7 aliphatic heterocycles. The zero-order valence-electron chi connectivity index (χ0n) is 106. The second-order valence-corrected chi connectivity index (χ2v) is 17.4. The van der Waals surface area contributed by atoms with Gasteiger partial charge in [-0.15, -0.1) is 0 Å².